The molecule has 0 saturated carbocycles. The number of amides is 2. The Morgan fingerprint density at radius 2 is 2.08 bits per heavy atom. The van der Waals surface area contributed by atoms with Crippen molar-refractivity contribution in [3.63, 3.8) is 0 Å². The molecule has 2 unspecified atom stereocenters. The normalized spacial score (nSPS) is 30.0. The molecule has 7 nitrogen and oxygen atoms in total. The van der Waals surface area contributed by atoms with E-state index in [2.05, 4.69) is 11.8 Å². The summed E-state index contributed by atoms with van der Waals surface area (Å²) in [6.07, 6.45) is -0.154. The van der Waals surface area contributed by atoms with Gasteiger partial charge in [-0.1, -0.05) is 6.92 Å². The van der Waals surface area contributed by atoms with Gasteiger partial charge in [-0.25, -0.2) is 0 Å². The Hall–Kier alpha value is -1.70. The predicted molar refractivity (Wildman–Crippen MR) is 85.0 cm³/mol. The average Bonchev–Trinajstić information content (AvgIpc) is 3.09. The van der Waals surface area contributed by atoms with E-state index in [-0.39, 0.29) is 18.4 Å². The van der Waals surface area contributed by atoms with Gasteiger partial charge >= 0.3 is 0 Å². The van der Waals surface area contributed by atoms with Crippen molar-refractivity contribution in [2.24, 2.45) is 0 Å². The molecule has 0 aromatic carbocycles. The molecule has 0 aliphatic carbocycles. The van der Waals surface area contributed by atoms with E-state index in [1.165, 1.54) is 4.90 Å². The number of β-amino-alcohol motifs (C(OH)–C–C–N with tert-alkyl or cyclic N) is 1. The van der Waals surface area contributed by atoms with Gasteiger partial charge in [0.05, 0.1) is 18.7 Å². The summed E-state index contributed by atoms with van der Waals surface area (Å²) in [6, 6.07) is 3.22. The first-order valence-electron chi connectivity index (χ1n) is 8.53. The third-order valence-corrected chi connectivity index (χ3v) is 5.55. The molecule has 3 fully saturated rings. The maximum atomic E-state index is 13.2. The van der Waals surface area contributed by atoms with Gasteiger partial charge < -0.3 is 9.52 Å². The zero-order valence-electron chi connectivity index (χ0n) is 14.1. The number of rotatable bonds is 3. The van der Waals surface area contributed by atoms with Crippen LogP contribution in [0.5, 0.6) is 0 Å². The fraction of sp³-hybridized carbons (Fsp3) is 0.647. The summed E-state index contributed by atoms with van der Waals surface area (Å²) in [7, 11) is 0. The lowest BCUT2D eigenvalue weighted by molar-refractivity contribution is -0.180. The number of fused-ring (bicyclic) bond motifs is 2. The Morgan fingerprint density at radius 1 is 1.33 bits per heavy atom. The highest BCUT2D eigenvalue weighted by atomic mass is 16.3. The Bertz CT molecular complexity index is 679. The number of furan rings is 1. The van der Waals surface area contributed by atoms with E-state index < -0.39 is 17.7 Å². The fourth-order valence-corrected chi connectivity index (χ4v) is 4.28. The van der Waals surface area contributed by atoms with Crippen LogP contribution in [0.2, 0.25) is 0 Å². The number of aliphatic hydroxyl groups excluding tert-OH is 1. The smallest absolute Gasteiger partial charge is 0.252 e. The van der Waals surface area contributed by atoms with Crippen LogP contribution in [0.1, 0.15) is 24.9 Å². The van der Waals surface area contributed by atoms with Gasteiger partial charge in [0.15, 0.2) is 0 Å². The van der Waals surface area contributed by atoms with Crippen molar-refractivity contribution < 1.29 is 19.1 Å². The topological polar surface area (TPSA) is 77.2 Å². The van der Waals surface area contributed by atoms with Gasteiger partial charge in [-0.2, -0.15) is 0 Å². The summed E-state index contributed by atoms with van der Waals surface area (Å²) in [5.74, 6) is 1.00. The summed E-state index contributed by atoms with van der Waals surface area (Å²) < 4.78 is 5.56. The number of imide groups is 1. The van der Waals surface area contributed by atoms with Gasteiger partial charge in [0, 0.05) is 19.6 Å². The fourth-order valence-electron chi connectivity index (χ4n) is 4.28. The first-order chi connectivity index (χ1) is 11.4. The largest absolute Gasteiger partial charge is 0.464 e. The molecule has 1 N–H and O–H groups in total. The molecule has 3 saturated heterocycles. The number of hydrogen-bond acceptors (Lipinski definition) is 6. The molecule has 0 bridgehead atoms. The van der Waals surface area contributed by atoms with E-state index >= 15 is 0 Å². The summed E-state index contributed by atoms with van der Waals surface area (Å²) in [4.78, 5) is 31.5. The molecule has 3 aliphatic rings. The standard InChI is InChI=1S/C17H23N3O4/c1-3-18-9-17(10-18)16(23)19(8-13-5-4-11(2)24-13)15(22)14-6-12(21)7-20(14)17/h4-5,12,14,21H,3,6-10H2,1-2H3. The van der Waals surface area contributed by atoms with Crippen molar-refractivity contribution in [2.45, 2.75) is 44.5 Å². The Morgan fingerprint density at radius 3 is 2.71 bits per heavy atom. The molecule has 0 radical (unpaired) electrons. The minimum absolute atomic E-state index is 0.156. The molecule has 3 aliphatic heterocycles. The number of nitrogens with zero attached hydrogens (tertiary/aromatic N) is 3. The molecular formula is C17H23N3O4. The lowest BCUT2D eigenvalue weighted by Crippen LogP contribution is -2.81. The molecule has 1 aromatic heterocycles. The summed E-state index contributed by atoms with van der Waals surface area (Å²) >= 11 is 0. The van der Waals surface area contributed by atoms with Gasteiger partial charge in [0.25, 0.3) is 5.91 Å². The van der Waals surface area contributed by atoms with Crippen molar-refractivity contribution in [3.8, 4) is 0 Å². The number of likely N-dealkylation sites (N-methyl/N-ethyl adjacent to an activating group) is 1. The highest BCUT2D eigenvalue weighted by Crippen LogP contribution is 2.40. The molecule has 2 amide bonds. The number of hydrogen-bond donors (Lipinski definition) is 1. The highest BCUT2D eigenvalue weighted by molar-refractivity contribution is 6.06. The van der Waals surface area contributed by atoms with Crippen LogP contribution in [-0.2, 0) is 16.1 Å². The van der Waals surface area contributed by atoms with Gasteiger partial charge in [0.2, 0.25) is 5.91 Å². The van der Waals surface area contributed by atoms with Crippen molar-refractivity contribution >= 4 is 11.8 Å². The van der Waals surface area contributed by atoms with Crippen LogP contribution in [0.15, 0.2) is 16.5 Å². The number of carbonyl (C=O) groups is 2. The molecule has 1 spiro atoms. The molecule has 130 valence electrons. The predicted octanol–water partition coefficient (Wildman–Crippen LogP) is -0.0337. The minimum atomic E-state index is -0.673. The molecule has 24 heavy (non-hydrogen) atoms. The van der Waals surface area contributed by atoms with Gasteiger partial charge in [-0.05, 0) is 32.0 Å². The number of aryl methyl sites for hydroxylation is 1. The van der Waals surface area contributed by atoms with Gasteiger partial charge in [-0.15, -0.1) is 0 Å². The molecule has 4 heterocycles. The summed E-state index contributed by atoms with van der Waals surface area (Å²) in [5.41, 5.74) is -0.673. The number of carbonyl (C=O) groups excluding carboxylic acids is 2. The second-order valence-corrected chi connectivity index (χ2v) is 7.13. The Kier molecular flexibility index (Phi) is 3.56. The van der Waals surface area contributed by atoms with Crippen LogP contribution >= 0.6 is 0 Å². The van der Waals surface area contributed by atoms with Crippen molar-refractivity contribution in [1.29, 1.82) is 0 Å². The highest BCUT2D eigenvalue weighted by Gasteiger charge is 2.63. The van der Waals surface area contributed by atoms with Crippen LogP contribution < -0.4 is 0 Å². The van der Waals surface area contributed by atoms with Crippen molar-refractivity contribution in [3.05, 3.63) is 23.7 Å². The maximum Gasteiger partial charge on any atom is 0.252 e. The molecule has 4 rings (SSSR count). The monoisotopic (exact) mass is 333 g/mol. The first kappa shape index (κ1) is 15.8. The third kappa shape index (κ3) is 2.15. The molecule has 7 heteroatoms. The summed E-state index contributed by atoms with van der Waals surface area (Å²) in [6.45, 7) is 6.57. The Balaban J connectivity index is 1.65. The minimum Gasteiger partial charge on any atom is -0.464 e. The number of piperazine rings is 1. The summed E-state index contributed by atoms with van der Waals surface area (Å²) in [5, 5.41) is 10.1. The average molecular weight is 333 g/mol. The van der Waals surface area contributed by atoms with Crippen LogP contribution in [0.3, 0.4) is 0 Å². The first-order valence-corrected chi connectivity index (χ1v) is 8.53. The maximum absolute atomic E-state index is 13.2. The molecule has 1 aromatic rings. The van der Waals surface area contributed by atoms with Gasteiger partial charge in [-0.3, -0.25) is 24.3 Å². The van der Waals surface area contributed by atoms with E-state index in [0.717, 1.165) is 12.3 Å². The van der Waals surface area contributed by atoms with E-state index in [9.17, 15) is 14.7 Å². The zero-order valence-corrected chi connectivity index (χ0v) is 14.1. The molecular weight excluding hydrogens is 310 g/mol. The van der Waals surface area contributed by atoms with Crippen LogP contribution in [-0.4, -0.2) is 75.5 Å². The van der Waals surface area contributed by atoms with E-state index in [4.69, 9.17) is 4.42 Å². The van der Waals surface area contributed by atoms with Crippen LogP contribution in [0.4, 0.5) is 0 Å². The van der Waals surface area contributed by atoms with Crippen LogP contribution in [0, 0.1) is 6.92 Å². The quantitative estimate of drug-likeness (QED) is 0.783. The lowest BCUT2D eigenvalue weighted by Gasteiger charge is -2.58. The van der Waals surface area contributed by atoms with E-state index in [1.807, 2.05) is 17.9 Å². The van der Waals surface area contributed by atoms with Crippen LogP contribution in [0.25, 0.3) is 0 Å². The lowest BCUT2D eigenvalue weighted by atomic mass is 9.82. The second kappa shape index (κ2) is 5.40. The van der Waals surface area contributed by atoms with E-state index in [1.54, 1.807) is 6.07 Å². The SMILES string of the molecule is CCN1CC2(C1)C(=O)N(Cc1ccc(C)o1)C(=O)C1CC(O)CN12. The van der Waals surface area contributed by atoms with Gasteiger partial charge in [0.1, 0.15) is 17.1 Å². The third-order valence-electron chi connectivity index (χ3n) is 5.55. The second-order valence-electron chi connectivity index (χ2n) is 7.13. The number of aliphatic hydroxyl groups is 1. The number of likely N-dealkylation sites (tertiary alicyclic amines) is 1. The zero-order chi connectivity index (χ0) is 17.1. The Labute approximate surface area is 140 Å². The van der Waals surface area contributed by atoms with E-state index in [0.29, 0.717) is 31.8 Å². The van der Waals surface area contributed by atoms with Crippen molar-refractivity contribution in [2.75, 3.05) is 26.2 Å². The van der Waals surface area contributed by atoms with Crippen molar-refractivity contribution in [1.82, 2.24) is 14.7 Å². The molecule has 2 atom stereocenters.